The zero-order valence-electron chi connectivity index (χ0n) is 11.6. The fourth-order valence-corrected chi connectivity index (χ4v) is 2.87. The first kappa shape index (κ1) is 15.2. The zero-order chi connectivity index (χ0) is 14.4. The van der Waals surface area contributed by atoms with Crippen LogP contribution in [0.1, 0.15) is 30.5 Å². The molecule has 3 heteroatoms. The molecule has 1 N–H and O–H groups in total. The number of aryl methyl sites for hydroxylation is 1. The summed E-state index contributed by atoms with van der Waals surface area (Å²) >= 11 is 3.52. The predicted molar refractivity (Wildman–Crippen MR) is 85.3 cm³/mol. The SMILES string of the molecule is CCNC(CCc1ccccc1)c1cc(F)ccc1Br. The number of hydrogen-bond acceptors (Lipinski definition) is 1. The first-order valence-corrected chi connectivity index (χ1v) is 7.72. The Morgan fingerprint density at radius 1 is 1.15 bits per heavy atom. The van der Waals surface area contributed by atoms with Crippen LogP contribution in [0.4, 0.5) is 4.39 Å². The van der Waals surface area contributed by atoms with Crippen LogP contribution in [0.15, 0.2) is 53.0 Å². The maximum atomic E-state index is 13.5. The van der Waals surface area contributed by atoms with Gasteiger partial charge in [0.2, 0.25) is 0 Å². The van der Waals surface area contributed by atoms with Gasteiger partial charge < -0.3 is 5.32 Å². The number of nitrogens with one attached hydrogen (secondary N) is 1. The van der Waals surface area contributed by atoms with Crippen molar-refractivity contribution < 1.29 is 4.39 Å². The quantitative estimate of drug-likeness (QED) is 0.793. The monoisotopic (exact) mass is 335 g/mol. The van der Waals surface area contributed by atoms with Gasteiger partial charge in [0.25, 0.3) is 0 Å². The third-order valence-corrected chi connectivity index (χ3v) is 4.07. The van der Waals surface area contributed by atoms with Crippen LogP contribution in [-0.4, -0.2) is 6.54 Å². The first-order chi connectivity index (χ1) is 9.70. The van der Waals surface area contributed by atoms with Crippen molar-refractivity contribution in [2.75, 3.05) is 6.54 Å². The molecule has 0 saturated carbocycles. The molecule has 0 bridgehead atoms. The van der Waals surface area contributed by atoms with Gasteiger partial charge in [-0.05, 0) is 48.7 Å². The van der Waals surface area contributed by atoms with Crippen LogP contribution in [0, 0.1) is 5.82 Å². The molecule has 0 aliphatic rings. The summed E-state index contributed by atoms with van der Waals surface area (Å²) in [6.07, 6.45) is 1.92. The summed E-state index contributed by atoms with van der Waals surface area (Å²) in [5, 5.41) is 3.44. The van der Waals surface area contributed by atoms with Gasteiger partial charge in [-0.15, -0.1) is 0 Å². The lowest BCUT2D eigenvalue weighted by Gasteiger charge is -2.20. The molecule has 0 aliphatic carbocycles. The van der Waals surface area contributed by atoms with Crippen molar-refractivity contribution in [1.29, 1.82) is 0 Å². The van der Waals surface area contributed by atoms with E-state index in [1.165, 1.54) is 11.6 Å². The van der Waals surface area contributed by atoms with Gasteiger partial charge in [0.15, 0.2) is 0 Å². The molecule has 20 heavy (non-hydrogen) atoms. The van der Waals surface area contributed by atoms with Gasteiger partial charge in [0, 0.05) is 10.5 Å². The maximum Gasteiger partial charge on any atom is 0.123 e. The molecule has 0 fully saturated rings. The molecular formula is C17H19BrFN. The fraction of sp³-hybridized carbons (Fsp3) is 0.294. The Labute approximate surface area is 128 Å². The smallest absolute Gasteiger partial charge is 0.123 e. The summed E-state index contributed by atoms with van der Waals surface area (Å²) in [6, 6.07) is 15.4. The number of rotatable bonds is 6. The lowest BCUT2D eigenvalue weighted by Crippen LogP contribution is -2.22. The summed E-state index contributed by atoms with van der Waals surface area (Å²) in [5.74, 6) is -0.189. The molecular weight excluding hydrogens is 317 g/mol. The average molecular weight is 336 g/mol. The average Bonchev–Trinajstić information content (AvgIpc) is 2.47. The van der Waals surface area contributed by atoms with Gasteiger partial charge in [-0.3, -0.25) is 0 Å². The Kier molecular flexibility index (Phi) is 5.74. The van der Waals surface area contributed by atoms with Crippen LogP contribution in [0.3, 0.4) is 0 Å². The van der Waals surface area contributed by atoms with E-state index in [-0.39, 0.29) is 11.9 Å². The predicted octanol–water partition coefficient (Wildman–Crippen LogP) is 4.87. The topological polar surface area (TPSA) is 12.0 Å². The summed E-state index contributed by atoms with van der Waals surface area (Å²) in [4.78, 5) is 0. The molecule has 1 unspecified atom stereocenters. The van der Waals surface area contributed by atoms with E-state index in [4.69, 9.17) is 0 Å². The molecule has 0 aliphatic heterocycles. The van der Waals surface area contributed by atoms with Crippen LogP contribution in [0.25, 0.3) is 0 Å². The van der Waals surface area contributed by atoms with E-state index >= 15 is 0 Å². The summed E-state index contributed by atoms with van der Waals surface area (Å²) in [5.41, 5.74) is 2.30. The molecule has 2 rings (SSSR count). The van der Waals surface area contributed by atoms with Crippen molar-refractivity contribution in [3.05, 3.63) is 69.9 Å². The second-order valence-corrected chi connectivity index (χ2v) is 5.65. The van der Waals surface area contributed by atoms with Gasteiger partial charge in [0.05, 0.1) is 0 Å². The molecule has 0 aromatic heterocycles. The van der Waals surface area contributed by atoms with Crippen molar-refractivity contribution in [2.24, 2.45) is 0 Å². The highest BCUT2D eigenvalue weighted by Gasteiger charge is 2.14. The van der Waals surface area contributed by atoms with Crippen molar-refractivity contribution in [1.82, 2.24) is 5.32 Å². The molecule has 2 aromatic carbocycles. The third kappa shape index (κ3) is 4.15. The number of benzene rings is 2. The fourth-order valence-electron chi connectivity index (χ4n) is 2.35. The van der Waals surface area contributed by atoms with E-state index in [2.05, 4.69) is 52.4 Å². The van der Waals surface area contributed by atoms with E-state index in [9.17, 15) is 4.39 Å². The summed E-state index contributed by atoms with van der Waals surface area (Å²) < 4.78 is 14.4. The van der Waals surface area contributed by atoms with Crippen LogP contribution in [-0.2, 0) is 6.42 Å². The molecule has 0 amide bonds. The number of halogens is 2. The van der Waals surface area contributed by atoms with Crippen molar-refractivity contribution in [3.63, 3.8) is 0 Å². The Balaban J connectivity index is 2.12. The van der Waals surface area contributed by atoms with Gasteiger partial charge in [0.1, 0.15) is 5.82 Å². The minimum Gasteiger partial charge on any atom is -0.310 e. The number of hydrogen-bond donors (Lipinski definition) is 1. The van der Waals surface area contributed by atoms with Gasteiger partial charge >= 0.3 is 0 Å². The first-order valence-electron chi connectivity index (χ1n) is 6.93. The highest BCUT2D eigenvalue weighted by atomic mass is 79.9. The van der Waals surface area contributed by atoms with E-state index < -0.39 is 0 Å². The van der Waals surface area contributed by atoms with E-state index in [1.807, 2.05) is 6.07 Å². The van der Waals surface area contributed by atoms with Crippen molar-refractivity contribution in [2.45, 2.75) is 25.8 Å². The summed E-state index contributed by atoms with van der Waals surface area (Å²) in [7, 11) is 0. The molecule has 0 heterocycles. The third-order valence-electron chi connectivity index (χ3n) is 3.35. The Morgan fingerprint density at radius 3 is 2.60 bits per heavy atom. The normalized spacial score (nSPS) is 12.3. The molecule has 0 radical (unpaired) electrons. The Hall–Kier alpha value is -1.19. The van der Waals surface area contributed by atoms with E-state index in [0.717, 1.165) is 29.4 Å². The van der Waals surface area contributed by atoms with Crippen LogP contribution in [0.2, 0.25) is 0 Å². The van der Waals surface area contributed by atoms with Crippen LogP contribution in [0.5, 0.6) is 0 Å². The lowest BCUT2D eigenvalue weighted by molar-refractivity contribution is 0.509. The maximum absolute atomic E-state index is 13.5. The van der Waals surface area contributed by atoms with E-state index in [1.54, 1.807) is 12.1 Å². The zero-order valence-corrected chi connectivity index (χ0v) is 13.2. The minimum absolute atomic E-state index is 0.158. The molecule has 1 nitrogen and oxygen atoms in total. The van der Waals surface area contributed by atoms with Crippen LogP contribution >= 0.6 is 15.9 Å². The second kappa shape index (κ2) is 7.55. The van der Waals surface area contributed by atoms with Crippen LogP contribution < -0.4 is 5.32 Å². The Morgan fingerprint density at radius 2 is 1.90 bits per heavy atom. The minimum atomic E-state index is -0.189. The molecule has 0 saturated heterocycles. The highest BCUT2D eigenvalue weighted by Crippen LogP contribution is 2.27. The molecule has 1 atom stereocenters. The van der Waals surface area contributed by atoms with Gasteiger partial charge in [-0.25, -0.2) is 4.39 Å². The molecule has 2 aromatic rings. The van der Waals surface area contributed by atoms with E-state index in [0.29, 0.717) is 0 Å². The Bertz CT molecular complexity index is 542. The van der Waals surface area contributed by atoms with Gasteiger partial charge in [-0.2, -0.15) is 0 Å². The van der Waals surface area contributed by atoms with Crippen molar-refractivity contribution in [3.8, 4) is 0 Å². The molecule has 0 spiro atoms. The highest BCUT2D eigenvalue weighted by molar-refractivity contribution is 9.10. The second-order valence-electron chi connectivity index (χ2n) is 4.80. The van der Waals surface area contributed by atoms with Gasteiger partial charge in [-0.1, -0.05) is 53.2 Å². The standard InChI is InChI=1S/C17H19BrFN/c1-2-20-17(11-8-13-6-4-3-5-7-13)15-12-14(19)9-10-16(15)18/h3-7,9-10,12,17,20H,2,8,11H2,1H3. The molecule has 106 valence electrons. The van der Waals surface area contributed by atoms with Crippen molar-refractivity contribution >= 4 is 15.9 Å². The largest absolute Gasteiger partial charge is 0.310 e. The lowest BCUT2D eigenvalue weighted by atomic mass is 9.99. The summed E-state index contributed by atoms with van der Waals surface area (Å²) in [6.45, 7) is 2.94.